The molecule has 0 radical (unpaired) electrons. The van der Waals surface area contributed by atoms with Crippen molar-refractivity contribution in [3.05, 3.63) is 22.2 Å². The fraction of sp³-hybridized carbons (Fsp3) is 0.583. The molecule has 1 N–H and O–H groups in total. The average Bonchev–Trinajstić information content (AvgIpc) is 2.74. The van der Waals surface area contributed by atoms with Gasteiger partial charge in [0.1, 0.15) is 0 Å². The van der Waals surface area contributed by atoms with Gasteiger partial charge in [0.25, 0.3) is 0 Å². The number of nitrogens with one attached hydrogen (secondary N) is 1. The molecule has 6 heteroatoms. The number of hydrogen-bond acceptors (Lipinski definition) is 5. The molecule has 98 valence electrons. The van der Waals surface area contributed by atoms with Gasteiger partial charge in [-0.25, -0.2) is 0 Å². The zero-order valence-electron chi connectivity index (χ0n) is 10.5. The Morgan fingerprint density at radius 3 is 2.83 bits per heavy atom. The van der Waals surface area contributed by atoms with E-state index in [1.807, 2.05) is 0 Å². The second kappa shape index (κ2) is 5.20. The van der Waals surface area contributed by atoms with Crippen molar-refractivity contribution in [2.24, 2.45) is 5.92 Å². The molecule has 1 heterocycles. The maximum atomic E-state index is 10.9. The standard InChI is InChI=1S/C12H17N3O3/c1-8-3-4-9(7-8)13-12-10(15(16)17)5-6-11(14-12)18-2/h5-6,8-9H,3-4,7H2,1-2H3,(H,13,14). The topological polar surface area (TPSA) is 77.3 Å². The molecule has 1 saturated carbocycles. The molecule has 1 aromatic rings. The molecule has 1 fully saturated rings. The fourth-order valence-electron chi connectivity index (χ4n) is 2.33. The summed E-state index contributed by atoms with van der Waals surface area (Å²) >= 11 is 0. The van der Waals surface area contributed by atoms with Crippen molar-refractivity contribution in [2.45, 2.75) is 32.2 Å². The molecule has 1 aliphatic carbocycles. The monoisotopic (exact) mass is 251 g/mol. The van der Waals surface area contributed by atoms with Gasteiger partial charge < -0.3 is 10.1 Å². The molecule has 0 aliphatic heterocycles. The normalized spacial score (nSPS) is 22.8. The molecular weight excluding hydrogens is 234 g/mol. The Labute approximate surface area is 106 Å². The van der Waals surface area contributed by atoms with Crippen molar-refractivity contribution in [3.8, 4) is 5.88 Å². The second-order valence-electron chi connectivity index (χ2n) is 4.74. The Kier molecular flexibility index (Phi) is 3.64. The minimum Gasteiger partial charge on any atom is -0.481 e. The van der Waals surface area contributed by atoms with Crippen LogP contribution < -0.4 is 10.1 Å². The van der Waals surface area contributed by atoms with Crippen molar-refractivity contribution in [1.82, 2.24) is 4.98 Å². The third-order valence-corrected chi connectivity index (χ3v) is 3.29. The van der Waals surface area contributed by atoms with Gasteiger partial charge in [-0.05, 0) is 25.2 Å². The number of methoxy groups -OCH3 is 1. The van der Waals surface area contributed by atoms with Crippen LogP contribution in [0.5, 0.6) is 5.88 Å². The van der Waals surface area contributed by atoms with Crippen LogP contribution in [0.1, 0.15) is 26.2 Å². The van der Waals surface area contributed by atoms with E-state index in [1.54, 1.807) is 0 Å². The Morgan fingerprint density at radius 1 is 1.50 bits per heavy atom. The van der Waals surface area contributed by atoms with E-state index >= 15 is 0 Å². The Morgan fingerprint density at radius 2 is 2.28 bits per heavy atom. The first-order valence-electron chi connectivity index (χ1n) is 6.06. The van der Waals surface area contributed by atoms with E-state index in [2.05, 4.69) is 17.2 Å². The summed E-state index contributed by atoms with van der Waals surface area (Å²) in [5, 5.41) is 14.1. The number of rotatable bonds is 4. The van der Waals surface area contributed by atoms with Gasteiger partial charge in [0.15, 0.2) is 0 Å². The lowest BCUT2D eigenvalue weighted by atomic mass is 10.1. The maximum absolute atomic E-state index is 10.9. The molecule has 2 atom stereocenters. The lowest BCUT2D eigenvalue weighted by molar-refractivity contribution is -0.384. The minimum absolute atomic E-state index is 0.00430. The van der Waals surface area contributed by atoms with Crippen molar-refractivity contribution < 1.29 is 9.66 Å². The molecule has 2 unspecified atom stereocenters. The Balaban J connectivity index is 2.21. The van der Waals surface area contributed by atoms with E-state index in [-0.39, 0.29) is 11.7 Å². The Hall–Kier alpha value is -1.85. The van der Waals surface area contributed by atoms with E-state index in [0.717, 1.165) is 19.3 Å². The predicted molar refractivity (Wildman–Crippen MR) is 67.9 cm³/mol. The molecule has 0 spiro atoms. The molecule has 1 aromatic heterocycles. The van der Waals surface area contributed by atoms with Crippen molar-refractivity contribution >= 4 is 11.5 Å². The first-order chi connectivity index (χ1) is 8.60. The van der Waals surface area contributed by atoms with Gasteiger partial charge in [0, 0.05) is 18.2 Å². The van der Waals surface area contributed by atoms with E-state index < -0.39 is 4.92 Å². The van der Waals surface area contributed by atoms with Crippen LogP contribution in [0.25, 0.3) is 0 Å². The van der Waals surface area contributed by atoms with Crippen LogP contribution in [0, 0.1) is 16.0 Å². The highest BCUT2D eigenvalue weighted by atomic mass is 16.6. The fourth-order valence-corrected chi connectivity index (χ4v) is 2.33. The van der Waals surface area contributed by atoms with Crippen LogP contribution in [0.4, 0.5) is 11.5 Å². The van der Waals surface area contributed by atoms with E-state index in [0.29, 0.717) is 17.6 Å². The molecule has 6 nitrogen and oxygen atoms in total. The highest BCUT2D eigenvalue weighted by Gasteiger charge is 2.25. The molecule has 0 amide bonds. The van der Waals surface area contributed by atoms with Gasteiger partial charge in [-0.15, -0.1) is 0 Å². The van der Waals surface area contributed by atoms with Crippen LogP contribution in [0.3, 0.4) is 0 Å². The van der Waals surface area contributed by atoms with Crippen molar-refractivity contribution in [2.75, 3.05) is 12.4 Å². The zero-order chi connectivity index (χ0) is 13.1. The number of pyridine rings is 1. The number of nitrogens with zero attached hydrogens (tertiary/aromatic N) is 2. The summed E-state index contributed by atoms with van der Waals surface area (Å²) in [7, 11) is 1.50. The summed E-state index contributed by atoms with van der Waals surface area (Å²) in [6, 6.07) is 3.19. The van der Waals surface area contributed by atoms with Crippen LogP contribution >= 0.6 is 0 Å². The summed E-state index contributed by atoms with van der Waals surface area (Å²) in [5.41, 5.74) is -0.00430. The molecular formula is C12H17N3O3. The van der Waals surface area contributed by atoms with Crippen molar-refractivity contribution in [1.29, 1.82) is 0 Å². The molecule has 2 rings (SSSR count). The summed E-state index contributed by atoms with van der Waals surface area (Å²) in [6.45, 7) is 2.19. The van der Waals surface area contributed by atoms with Gasteiger partial charge in [-0.1, -0.05) is 6.92 Å². The van der Waals surface area contributed by atoms with Gasteiger partial charge in [0.2, 0.25) is 11.7 Å². The number of ether oxygens (including phenoxy) is 1. The lowest BCUT2D eigenvalue weighted by Crippen LogP contribution is -2.17. The summed E-state index contributed by atoms with van der Waals surface area (Å²) in [6.07, 6.45) is 3.20. The smallest absolute Gasteiger partial charge is 0.311 e. The van der Waals surface area contributed by atoms with Crippen LogP contribution in [-0.2, 0) is 0 Å². The third kappa shape index (κ3) is 2.69. The van der Waals surface area contributed by atoms with Gasteiger partial charge in [0.05, 0.1) is 12.0 Å². The quantitative estimate of drug-likeness (QED) is 0.657. The summed E-state index contributed by atoms with van der Waals surface area (Å²) in [4.78, 5) is 14.6. The maximum Gasteiger partial charge on any atom is 0.311 e. The molecule has 0 saturated heterocycles. The number of anilines is 1. The minimum atomic E-state index is -0.423. The predicted octanol–water partition coefficient (Wildman–Crippen LogP) is 2.60. The first kappa shape index (κ1) is 12.6. The average molecular weight is 251 g/mol. The molecule has 18 heavy (non-hydrogen) atoms. The second-order valence-corrected chi connectivity index (χ2v) is 4.74. The molecule has 0 aromatic carbocycles. The van der Waals surface area contributed by atoms with E-state index in [1.165, 1.54) is 19.2 Å². The zero-order valence-corrected chi connectivity index (χ0v) is 10.5. The highest BCUT2D eigenvalue weighted by Crippen LogP contribution is 2.31. The summed E-state index contributed by atoms with van der Waals surface area (Å²) in [5.74, 6) is 1.35. The van der Waals surface area contributed by atoms with E-state index in [4.69, 9.17) is 4.74 Å². The lowest BCUT2D eigenvalue weighted by Gasteiger charge is -2.13. The largest absolute Gasteiger partial charge is 0.481 e. The number of nitro groups is 1. The van der Waals surface area contributed by atoms with E-state index in [9.17, 15) is 10.1 Å². The van der Waals surface area contributed by atoms with Crippen molar-refractivity contribution in [3.63, 3.8) is 0 Å². The highest BCUT2D eigenvalue weighted by molar-refractivity contribution is 5.57. The van der Waals surface area contributed by atoms with Gasteiger partial charge >= 0.3 is 5.69 Å². The SMILES string of the molecule is COc1ccc([N+](=O)[O-])c(NC2CCC(C)C2)n1. The van der Waals surface area contributed by atoms with Gasteiger partial charge in [-0.2, -0.15) is 4.98 Å². The number of aromatic nitrogens is 1. The number of hydrogen-bond donors (Lipinski definition) is 1. The summed E-state index contributed by atoms with van der Waals surface area (Å²) < 4.78 is 5.00. The third-order valence-electron chi connectivity index (χ3n) is 3.29. The Bertz CT molecular complexity index is 450. The molecule has 1 aliphatic rings. The van der Waals surface area contributed by atoms with Crippen LogP contribution in [0.15, 0.2) is 12.1 Å². The van der Waals surface area contributed by atoms with Crippen LogP contribution in [-0.4, -0.2) is 23.1 Å². The first-order valence-corrected chi connectivity index (χ1v) is 6.06. The molecule has 0 bridgehead atoms. The van der Waals surface area contributed by atoms with Gasteiger partial charge in [-0.3, -0.25) is 10.1 Å². The van der Waals surface area contributed by atoms with Crippen LogP contribution in [0.2, 0.25) is 0 Å².